The minimum Gasteiger partial charge on any atom is -0.454 e. The highest BCUT2D eigenvalue weighted by Gasteiger charge is 2.37. The van der Waals surface area contributed by atoms with Gasteiger partial charge in [0.15, 0.2) is 11.5 Å². The van der Waals surface area contributed by atoms with Gasteiger partial charge < -0.3 is 14.2 Å². The fourth-order valence-corrected chi connectivity index (χ4v) is 3.67. The van der Waals surface area contributed by atoms with Crippen LogP contribution in [-0.4, -0.2) is 37.0 Å². The highest BCUT2D eigenvalue weighted by molar-refractivity contribution is 5.44. The van der Waals surface area contributed by atoms with Crippen molar-refractivity contribution in [2.45, 2.75) is 38.5 Å². The summed E-state index contributed by atoms with van der Waals surface area (Å²) in [6, 6.07) is 6.25. The van der Waals surface area contributed by atoms with Gasteiger partial charge in [0, 0.05) is 13.1 Å². The van der Waals surface area contributed by atoms with E-state index < -0.39 is 0 Å². The highest BCUT2D eigenvalue weighted by Crippen LogP contribution is 2.35. The quantitative estimate of drug-likeness (QED) is 0.829. The van der Waals surface area contributed by atoms with Crippen molar-refractivity contribution in [1.82, 2.24) is 4.90 Å². The van der Waals surface area contributed by atoms with Gasteiger partial charge in [-0.05, 0) is 49.9 Å². The lowest BCUT2D eigenvalue weighted by molar-refractivity contribution is -0.00276. The van der Waals surface area contributed by atoms with Crippen LogP contribution in [-0.2, 0) is 11.3 Å². The van der Waals surface area contributed by atoms with Crippen molar-refractivity contribution in [1.29, 1.82) is 0 Å². The molecule has 4 heteroatoms. The molecule has 20 heavy (non-hydrogen) atoms. The highest BCUT2D eigenvalue weighted by atomic mass is 16.7. The third-order valence-electron chi connectivity index (χ3n) is 4.66. The molecule has 1 aromatic rings. The predicted octanol–water partition coefficient (Wildman–Crippen LogP) is 2.41. The molecule has 0 aromatic heterocycles. The number of hydrogen-bond acceptors (Lipinski definition) is 4. The molecule has 0 saturated carbocycles. The van der Waals surface area contributed by atoms with Crippen molar-refractivity contribution in [3.05, 3.63) is 23.8 Å². The Morgan fingerprint density at radius 3 is 3.10 bits per heavy atom. The summed E-state index contributed by atoms with van der Waals surface area (Å²) in [4.78, 5) is 2.50. The van der Waals surface area contributed by atoms with Crippen LogP contribution in [0.2, 0.25) is 0 Å². The summed E-state index contributed by atoms with van der Waals surface area (Å²) in [6.45, 7) is 5.74. The Hall–Kier alpha value is -1.26. The standard InChI is InChI=1S/C16H21NO3/c1-11-6-13-4-5-17(9-16(13)20-11)8-12-2-3-14-15(7-12)19-10-18-14/h2-3,7,11,13,16H,4-6,8-10H2,1H3/t11-,13-,16+/m1/s1. The molecule has 0 spiro atoms. The molecule has 3 aliphatic rings. The van der Waals surface area contributed by atoms with Crippen LogP contribution in [0.25, 0.3) is 0 Å². The second-order valence-electron chi connectivity index (χ2n) is 6.19. The minimum absolute atomic E-state index is 0.345. The van der Waals surface area contributed by atoms with Crippen molar-refractivity contribution >= 4 is 0 Å². The van der Waals surface area contributed by atoms with Gasteiger partial charge in [-0.15, -0.1) is 0 Å². The second kappa shape index (κ2) is 4.93. The molecule has 0 bridgehead atoms. The van der Waals surface area contributed by atoms with Gasteiger partial charge in [0.05, 0.1) is 12.2 Å². The molecule has 3 heterocycles. The first-order valence-corrected chi connectivity index (χ1v) is 7.54. The van der Waals surface area contributed by atoms with Crippen LogP contribution in [0.1, 0.15) is 25.3 Å². The van der Waals surface area contributed by atoms with E-state index in [2.05, 4.69) is 24.0 Å². The van der Waals surface area contributed by atoms with Gasteiger partial charge >= 0.3 is 0 Å². The van der Waals surface area contributed by atoms with Gasteiger partial charge in [-0.2, -0.15) is 0 Å². The van der Waals surface area contributed by atoms with E-state index in [1.807, 2.05) is 6.07 Å². The van der Waals surface area contributed by atoms with E-state index in [0.29, 0.717) is 19.0 Å². The average molecular weight is 275 g/mol. The first kappa shape index (κ1) is 12.5. The van der Waals surface area contributed by atoms with Crippen LogP contribution < -0.4 is 9.47 Å². The van der Waals surface area contributed by atoms with Crippen molar-refractivity contribution < 1.29 is 14.2 Å². The Labute approximate surface area is 119 Å². The topological polar surface area (TPSA) is 30.9 Å². The maximum absolute atomic E-state index is 6.02. The van der Waals surface area contributed by atoms with Crippen LogP contribution in [0.15, 0.2) is 18.2 Å². The largest absolute Gasteiger partial charge is 0.454 e. The zero-order valence-corrected chi connectivity index (χ0v) is 11.9. The lowest BCUT2D eigenvalue weighted by atomic mass is 9.92. The van der Waals surface area contributed by atoms with E-state index in [9.17, 15) is 0 Å². The second-order valence-corrected chi connectivity index (χ2v) is 6.19. The van der Waals surface area contributed by atoms with Gasteiger partial charge in [0.1, 0.15) is 0 Å². The third-order valence-corrected chi connectivity index (χ3v) is 4.66. The molecule has 3 atom stereocenters. The van der Waals surface area contributed by atoms with Gasteiger partial charge in [0.2, 0.25) is 6.79 Å². The zero-order chi connectivity index (χ0) is 13.5. The molecule has 0 N–H and O–H groups in total. The van der Waals surface area contributed by atoms with Crippen LogP contribution in [0, 0.1) is 5.92 Å². The summed E-state index contributed by atoms with van der Waals surface area (Å²) in [5, 5.41) is 0. The lowest BCUT2D eigenvalue weighted by Crippen LogP contribution is -2.41. The van der Waals surface area contributed by atoms with E-state index in [4.69, 9.17) is 14.2 Å². The van der Waals surface area contributed by atoms with E-state index in [-0.39, 0.29) is 0 Å². The molecule has 4 rings (SSSR count). The number of benzene rings is 1. The molecule has 0 amide bonds. The summed E-state index contributed by atoms with van der Waals surface area (Å²) in [6.07, 6.45) is 3.38. The van der Waals surface area contributed by atoms with E-state index in [1.165, 1.54) is 24.9 Å². The Balaban J connectivity index is 1.42. The lowest BCUT2D eigenvalue weighted by Gasteiger charge is -2.34. The molecular formula is C16H21NO3. The molecule has 0 radical (unpaired) electrons. The summed E-state index contributed by atoms with van der Waals surface area (Å²) in [5.41, 5.74) is 1.29. The van der Waals surface area contributed by atoms with E-state index >= 15 is 0 Å². The molecular weight excluding hydrogens is 254 g/mol. The van der Waals surface area contributed by atoms with Gasteiger partial charge in [-0.25, -0.2) is 0 Å². The van der Waals surface area contributed by atoms with Crippen molar-refractivity contribution in [3.8, 4) is 11.5 Å². The summed E-state index contributed by atoms with van der Waals surface area (Å²) in [5.74, 6) is 2.52. The maximum Gasteiger partial charge on any atom is 0.231 e. The number of likely N-dealkylation sites (tertiary alicyclic amines) is 1. The molecule has 3 aliphatic heterocycles. The van der Waals surface area contributed by atoms with Crippen molar-refractivity contribution in [2.75, 3.05) is 19.9 Å². The third kappa shape index (κ3) is 2.27. The molecule has 4 nitrogen and oxygen atoms in total. The average Bonchev–Trinajstić information content (AvgIpc) is 3.02. The number of ether oxygens (including phenoxy) is 3. The molecule has 2 saturated heterocycles. The molecule has 0 unspecified atom stereocenters. The van der Waals surface area contributed by atoms with E-state index in [0.717, 1.165) is 30.5 Å². The fraction of sp³-hybridized carbons (Fsp3) is 0.625. The van der Waals surface area contributed by atoms with Crippen LogP contribution in [0.3, 0.4) is 0 Å². The molecule has 2 fully saturated rings. The Morgan fingerprint density at radius 2 is 2.15 bits per heavy atom. The molecule has 0 aliphatic carbocycles. The smallest absolute Gasteiger partial charge is 0.231 e. The normalized spacial score (nSPS) is 32.4. The van der Waals surface area contributed by atoms with Crippen LogP contribution in [0.5, 0.6) is 11.5 Å². The fourth-order valence-electron chi connectivity index (χ4n) is 3.67. The Bertz CT molecular complexity index is 504. The zero-order valence-electron chi connectivity index (χ0n) is 11.9. The van der Waals surface area contributed by atoms with Crippen LogP contribution in [0.4, 0.5) is 0 Å². The number of fused-ring (bicyclic) bond motifs is 2. The first-order chi connectivity index (χ1) is 9.78. The summed E-state index contributed by atoms with van der Waals surface area (Å²) >= 11 is 0. The number of nitrogens with zero attached hydrogens (tertiary/aromatic N) is 1. The predicted molar refractivity (Wildman–Crippen MR) is 74.9 cm³/mol. The summed E-state index contributed by atoms with van der Waals surface area (Å²) in [7, 11) is 0. The SMILES string of the molecule is C[C@@H]1C[C@H]2CCN(Cc3ccc4c(c3)OCO4)C[C@@H]2O1. The van der Waals surface area contributed by atoms with Gasteiger partial charge in [0.25, 0.3) is 0 Å². The Morgan fingerprint density at radius 1 is 1.25 bits per heavy atom. The first-order valence-electron chi connectivity index (χ1n) is 7.54. The minimum atomic E-state index is 0.345. The molecule has 108 valence electrons. The molecule has 1 aromatic carbocycles. The summed E-state index contributed by atoms with van der Waals surface area (Å²) < 4.78 is 16.8. The van der Waals surface area contributed by atoms with Gasteiger partial charge in [-0.3, -0.25) is 4.90 Å². The number of piperidine rings is 1. The van der Waals surface area contributed by atoms with Crippen molar-refractivity contribution in [2.24, 2.45) is 5.92 Å². The van der Waals surface area contributed by atoms with Crippen LogP contribution >= 0.6 is 0 Å². The van der Waals surface area contributed by atoms with Crippen molar-refractivity contribution in [3.63, 3.8) is 0 Å². The number of hydrogen-bond donors (Lipinski definition) is 0. The van der Waals surface area contributed by atoms with Gasteiger partial charge in [-0.1, -0.05) is 6.07 Å². The maximum atomic E-state index is 6.02. The van der Waals surface area contributed by atoms with E-state index in [1.54, 1.807) is 0 Å². The Kier molecular flexibility index (Phi) is 3.08. The number of rotatable bonds is 2. The monoisotopic (exact) mass is 275 g/mol.